The molecule has 1 fully saturated rings. The van der Waals surface area contributed by atoms with Crippen LogP contribution in [0.5, 0.6) is 0 Å². The van der Waals surface area contributed by atoms with Crippen LogP contribution >= 0.6 is 0 Å². The Morgan fingerprint density at radius 2 is 1.95 bits per heavy atom. The Hall–Kier alpha value is -0.800. The van der Waals surface area contributed by atoms with E-state index in [2.05, 4.69) is 30.1 Å². The molecular formula is C16H28N2O. The molecule has 0 spiro atoms. The van der Waals surface area contributed by atoms with Crippen LogP contribution in [0.1, 0.15) is 51.3 Å². The van der Waals surface area contributed by atoms with Crippen molar-refractivity contribution in [3.8, 4) is 0 Å². The molecule has 0 radical (unpaired) electrons. The maximum Gasteiger partial charge on any atom is 0.122 e. The van der Waals surface area contributed by atoms with Gasteiger partial charge in [0.05, 0.1) is 12.3 Å². The lowest BCUT2D eigenvalue weighted by Crippen LogP contribution is -2.35. The van der Waals surface area contributed by atoms with Crippen LogP contribution in [0.3, 0.4) is 0 Å². The van der Waals surface area contributed by atoms with Crippen molar-refractivity contribution in [2.24, 2.45) is 5.92 Å². The topological polar surface area (TPSA) is 28.4 Å². The lowest BCUT2D eigenvalue weighted by molar-refractivity contribution is 0.207. The van der Waals surface area contributed by atoms with Crippen LogP contribution in [0.4, 0.5) is 0 Å². The largest absolute Gasteiger partial charge is 0.468 e. The number of furan rings is 1. The van der Waals surface area contributed by atoms with Gasteiger partial charge in [-0.1, -0.05) is 26.7 Å². The lowest BCUT2D eigenvalue weighted by Gasteiger charge is -2.26. The molecule has 1 aromatic rings. The molecule has 0 saturated carbocycles. The Morgan fingerprint density at radius 3 is 2.53 bits per heavy atom. The minimum atomic E-state index is 0.409. The molecule has 0 bridgehead atoms. The van der Waals surface area contributed by atoms with Crippen molar-refractivity contribution < 1.29 is 4.42 Å². The number of likely N-dealkylation sites (tertiary alicyclic amines) is 1. The second-order valence-electron chi connectivity index (χ2n) is 5.62. The average Bonchev–Trinajstić information content (AvgIpc) is 3.12. The van der Waals surface area contributed by atoms with Crippen LogP contribution < -0.4 is 5.32 Å². The molecule has 0 amide bonds. The van der Waals surface area contributed by atoms with Crippen molar-refractivity contribution in [1.82, 2.24) is 10.2 Å². The van der Waals surface area contributed by atoms with Gasteiger partial charge in [-0.25, -0.2) is 0 Å². The first-order chi connectivity index (χ1) is 9.35. The Labute approximate surface area is 117 Å². The highest BCUT2D eigenvalue weighted by Gasteiger charge is 2.25. The summed E-state index contributed by atoms with van der Waals surface area (Å²) in [5, 5.41) is 3.65. The monoisotopic (exact) mass is 264 g/mol. The van der Waals surface area contributed by atoms with Gasteiger partial charge in [-0.15, -0.1) is 0 Å². The summed E-state index contributed by atoms with van der Waals surface area (Å²) in [6.45, 7) is 9.10. The standard InChI is InChI=1S/C16H28N2O/c1-3-14(4-2)12-17-13-15(16-8-7-11-19-16)18-9-5-6-10-18/h7-8,11,14-15,17H,3-6,9-10,12-13H2,1-2H3. The SMILES string of the molecule is CCC(CC)CNCC(c1ccco1)N1CCCC1. The third kappa shape index (κ3) is 4.08. The van der Waals surface area contributed by atoms with E-state index < -0.39 is 0 Å². The van der Waals surface area contributed by atoms with E-state index in [-0.39, 0.29) is 0 Å². The van der Waals surface area contributed by atoms with Crippen molar-refractivity contribution in [1.29, 1.82) is 0 Å². The number of hydrogen-bond donors (Lipinski definition) is 1. The van der Waals surface area contributed by atoms with Crippen LogP contribution in [0.2, 0.25) is 0 Å². The molecule has 2 heterocycles. The minimum absolute atomic E-state index is 0.409. The molecule has 19 heavy (non-hydrogen) atoms. The summed E-state index contributed by atoms with van der Waals surface area (Å²) >= 11 is 0. The van der Waals surface area contributed by atoms with E-state index >= 15 is 0 Å². The lowest BCUT2D eigenvalue weighted by atomic mass is 10.0. The van der Waals surface area contributed by atoms with Crippen LogP contribution in [0.25, 0.3) is 0 Å². The summed E-state index contributed by atoms with van der Waals surface area (Å²) in [6.07, 6.45) is 6.96. The molecule has 3 nitrogen and oxygen atoms in total. The first-order valence-corrected chi connectivity index (χ1v) is 7.83. The van der Waals surface area contributed by atoms with Gasteiger partial charge in [-0.2, -0.15) is 0 Å². The highest BCUT2D eigenvalue weighted by Crippen LogP contribution is 2.24. The van der Waals surface area contributed by atoms with E-state index in [9.17, 15) is 0 Å². The van der Waals surface area contributed by atoms with Gasteiger partial charge < -0.3 is 9.73 Å². The molecule has 1 unspecified atom stereocenters. The van der Waals surface area contributed by atoms with Crippen molar-refractivity contribution in [3.63, 3.8) is 0 Å². The smallest absolute Gasteiger partial charge is 0.122 e. The summed E-state index contributed by atoms with van der Waals surface area (Å²) in [6, 6.07) is 4.52. The van der Waals surface area contributed by atoms with Gasteiger partial charge in [0.25, 0.3) is 0 Å². The van der Waals surface area contributed by atoms with Gasteiger partial charge in [0.1, 0.15) is 5.76 Å². The predicted molar refractivity (Wildman–Crippen MR) is 79.2 cm³/mol. The second-order valence-corrected chi connectivity index (χ2v) is 5.62. The minimum Gasteiger partial charge on any atom is -0.468 e. The molecule has 0 aromatic carbocycles. The van der Waals surface area contributed by atoms with Crippen LogP contribution in [-0.2, 0) is 0 Å². The zero-order valence-electron chi connectivity index (χ0n) is 12.4. The van der Waals surface area contributed by atoms with Crippen LogP contribution in [-0.4, -0.2) is 31.1 Å². The Kier molecular flexibility index (Phi) is 5.93. The molecule has 1 aliphatic heterocycles. The van der Waals surface area contributed by atoms with E-state index in [0.717, 1.165) is 24.8 Å². The van der Waals surface area contributed by atoms with E-state index in [1.807, 2.05) is 6.07 Å². The van der Waals surface area contributed by atoms with Gasteiger partial charge in [-0.05, 0) is 50.5 Å². The molecule has 3 heteroatoms. The molecule has 0 aliphatic carbocycles. The molecule has 1 N–H and O–H groups in total. The van der Waals surface area contributed by atoms with E-state index in [0.29, 0.717) is 6.04 Å². The number of hydrogen-bond acceptors (Lipinski definition) is 3. The van der Waals surface area contributed by atoms with Crippen molar-refractivity contribution in [3.05, 3.63) is 24.2 Å². The van der Waals surface area contributed by atoms with Gasteiger partial charge in [0, 0.05) is 6.54 Å². The maximum atomic E-state index is 5.64. The molecule has 108 valence electrons. The fourth-order valence-corrected chi connectivity index (χ4v) is 2.95. The van der Waals surface area contributed by atoms with E-state index in [1.54, 1.807) is 6.26 Å². The number of nitrogens with one attached hydrogen (secondary N) is 1. The molecule has 1 atom stereocenters. The molecule has 2 rings (SSSR count). The maximum absolute atomic E-state index is 5.64. The fraction of sp³-hybridized carbons (Fsp3) is 0.750. The highest BCUT2D eigenvalue weighted by atomic mass is 16.3. The Bertz CT molecular complexity index is 327. The summed E-state index contributed by atoms with van der Waals surface area (Å²) in [7, 11) is 0. The second kappa shape index (κ2) is 7.71. The summed E-state index contributed by atoms with van der Waals surface area (Å²) < 4.78 is 5.64. The van der Waals surface area contributed by atoms with E-state index in [4.69, 9.17) is 4.42 Å². The van der Waals surface area contributed by atoms with Gasteiger partial charge in [0.2, 0.25) is 0 Å². The van der Waals surface area contributed by atoms with Gasteiger partial charge in [0.15, 0.2) is 0 Å². The predicted octanol–water partition coefficient (Wildman–Crippen LogP) is 3.44. The first-order valence-electron chi connectivity index (χ1n) is 7.83. The van der Waals surface area contributed by atoms with Crippen LogP contribution in [0, 0.1) is 5.92 Å². The molecule has 1 aliphatic rings. The summed E-state index contributed by atoms with van der Waals surface area (Å²) in [4.78, 5) is 2.55. The summed E-state index contributed by atoms with van der Waals surface area (Å²) in [5.74, 6) is 1.91. The van der Waals surface area contributed by atoms with Crippen molar-refractivity contribution in [2.75, 3.05) is 26.2 Å². The van der Waals surface area contributed by atoms with Crippen molar-refractivity contribution in [2.45, 2.75) is 45.6 Å². The fourth-order valence-electron chi connectivity index (χ4n) is 2.95. The summed E-state index contributed by atoms with van der Waals surface area (Å²) in [5.41, 5.74) is 0. The van der Waals surface area contributed by atoms with E-state index in [1.165, 1.54) is 38.8 Å². The zero-order chi connectivity index (χ0) is 13.5. The molecule has 1 saturated heterocycles. The zero-order valence-corrected chi connectivity index (χ0v) is 12.4. The van der Waals surface area contributed by atoms with Crippen molar-refractivity contribution >= 4 is 0 Å². The first kappa shape index (κ1) is 14.6. The van der Waals surface area contributed by atoms with Crippen LogP contribution in [0.15, 0.2) is 22.8 Å². The quantitative estimate of drug-likeness (QED) is 0.779. The molecule has 1 aromatic heterocycles. The normalized spacial score (nSPS) is 18.3. The number of rotatable bonds is 8. The highest BCUT2D eigenvalue weighted by molar-refractivity contribution is 5.06. The molecular weight excluding hydrogens is 236 g/mol. The number of nitrogens with zero attached hydrogens (tertiary/aromatic N) is 1. The Morgan fingerprint density at radius 1 is 1.21 bits per heavy atom. The average molecular weight is 264 g/mol. The third-order valence-corrected chi connectivity index (χ3v) is 4.38. The van der Waals surface area contributed by atoms with Gasteiger partial charge >= 0.3 is 0 Å². The van der Waals surface area contributed by atoms with Gasteiger partial charge in [-0.3, -0.25) is 4.90 Å². The Balaban J connectivity index is 1.87. The third-order valence-electron chi connectivity index (χ3n) is 4.38.